The largest absolute Gasteiger partial charge is 0.397 e. The number of para-hydroxylation sites is 2. The van der Waals surface area contributed by atoms with Crippen molar-refractivity contribution in [1.29, 1.82) is 0 Å². The summed E-state index contributed by atoms with van der Waals surface area (Å²) < 4.78 is 22.2. The van der Waals surface area contributed by atoms with E-state index in [0.717, 1.165) is 0 Å². The van der Waals surface area contributed by atoms with Crippen LogP contribution in [0.1, 0.15) is 6.92 Å². The van der Waals surface area contributed by atoms with E-state index < -0.39 is 15.9 Å². The zero-order valence-corrected chi connectivity index (χ0v) is 12.8. The van der Waals surface area contributed by atoms with Gasteiger partial charge >= 0.3 is 0 Å². The Hall–Kier alpha value is -1.60. The molecule has 0 heterocycles. The minimum Gasteiger partial charge on any atom is -0.397 e. The van der Waals surface area contributed by atoms with Crippen molar-refractivity contribution in [3.8, 4) is 0 Å². The molecular formula is C13H21N3O3S. The first-order chi connectivity index (χ1) is 9.20. The number of hydrogen-bond acceptors (Lipinski definition) is 5. The molecule has 1 aromatic carbocycles. The van der Waals surface area contributed by atoms with Crippen molar-refractivity contribution in [3.05, 3.63) is 24.3 Å². The number of nitrogens with two attached hydrogens (primary N) is 1. The van der Waals surface area contributed by atoms with Gasteiger partial charge in [-0.3, -0.25) is 9.69 Å². The molecule has 0 fully saturated rings. The minimum atomic E-state index is -3.04. The molecule has 0 aliphatic carbocycles. The number of sulfone groups is 1. The van der Waals surface area contributed by atoms with Crippen LogP contribution in [-0.2, 0) is 14.6 Å². The number of hydrogen-bond donors (Lipinski definition) is 2. The lowest BCUT2D eigenvalue weighted by Crippen LogP contribution is -2.41. The molecule has 1 rings (SSSR count). The van der Waals surface area contributed by atoms with E-state index in [4.69, 9.17) is 5.73 Å². The molecule has 1 atom stereocenters. The Bertz CT molecular complexity index is 572. The Balaban J connectivity index is 2.61. The van der Waals surface area contributed by atoms with E-state index >= 15 is 0 Å². The third-order valence-electron chi connectivity index (χ3n) is 3.07. The number of anilines is 2. The smallest absolute Gasteiger partial charge is 0.241 e. The van der Waals surface area contributed by atoms with Crippen LogP contribution in [0.15, 0.2) is 24.3 Å². The molecule has 0 radical (unpaired) electrons. The number of nitrogen functional groups attached to an aromatic ring is 1. The molecule has 3 N–H and O–H groups in total. The summed E-state index contributed by atoms with van der Waals surface area (Å²) in [5.41, 5.74) is 6.80. The molecule has 1 aromatic rings. The number of nitrogens with zero attached hydrogens (tertiary/aromatic N) is 1. The molecule has 0 aromatic heterocycles. The van der Waals surface area contributed by atoms with E-state index in [-0.39, 0.29) is 11.7 Å². The highest BCUT2D eigenvalue weighted by Gasteiger charge is 2.19. The van der Waals surface area contributed by atoms with E-state index in [1.807, 2.05) is 0 Å². The topological polar surface area (TPSA) is 92.5 Å². The number of benzene rings is 1. The van der Waals surface area contributed by atoms with E-state index in [9.17, 15) is 13.2 Å². The summed E-state index contributed by atoms with van der Waals surface area (Å²) in [6.07, 6.45) is 1.18. The van der Waals surface area contributed by atoms with E-state index in [1.54, 1.807) is 43.1 Å². The quantitative estimate of drug-likeness (QED) is 0.749. The second-order valence-corrected chi connectivity index (χ2v) is 7.12. The zero-order chi connectivity index (χ0) is 15.3. The van der Waals surface area contributed by atoms with Gasteiger partial charge in [-0.2, -0.15) is 0 Å². The van der Waals surface area contributed by atoms with Gasteiger partial charge in [-0.15, -0.1) is 0 Å². The molecule has 0 aliphatic heterocycles. The normalized spacial score (nSPS) is 13.2. The van der Waals surface area contributed by atoms with Gasteiger partial charge in [0.2, 0.25) is 5.91 Å². The first kappa shape index (κ1) is 16.5. The van der Waals surface area contributed by atoms with Crippen LogP contribution in [0.3, 0.4) is 0 Å². The summed E-state index contributed by atoms with van der Waals surface area (Å²) >= 11 is 0. The van der Waals surface area contributed by atoms with Gasteiger partial charge in [0.05, 0.1) is 23.2 Å². The van der Waals surface area contributed by atoms with Crippen LogP contribution in [0, 0.1) is 0 Å². The maximum absolute atomic E-state index is 12.1. The van der Waals surface area contributed by atoms with Crippen LogP contribution >= 0.6 is 0 Å². The Morgan fingerprint density at radius 2 is 2.00 bits per heavy atom. The molecule has 0 spiro atoms. The number of rotatable bonds is 6. The molecule has 0 saturated heterocycles. The maximum atomic E-state index is 12.1. The number of amides is 1. The second-order valence-electron chi connectivity index (χ2n) is 4.86. The SMILES string of the molecule is CC(C(=O)Nc1ccccc1N)N(C)CCS(C)(=O)=O. The standard InChI is InChI=1S/C13H21N3O3S/c1-10(16(2)8-9-20(3,18)19)13(17)15-12-7-5-4-6-11(12)14/h4-7,10H,8-9,14H2,1-3H3,(H,15,17). The lowest BCUT2D eigenvalue weighted by molar-refractivity contribution is -0.120. The number of carbonyl (C=O) groups excluding carboxylic acids is 1. The van der Waals surface area contributed by atoms with Crippen molar-refractivity contribution < 1.29 is 13.2 Å². The van der Waals surface area contributed by atoms with Crippen molar-refractivity contribution in [1.82, 2.24) is 4.90 Å². The lowest BCUT2D eigenvalue weighted by Gasteiger charge is -2.23. The Morgan fingerprint density at radius 3 is 2.55 bits per heavy atom. The molecule has 0 bridgehead atoms. The third-order valence-corrected chi connectivity index (χ3v) is 4.00. The van der Waals surface area contributed by atoms with Crippen molar-refractivity contribution in [2.24, 2.45) is 0 Å². The van der Waals surface area contributed by atoms with Gasteiger partial charge in [0.25, 0.3) is 0 Å². The fourth-order valence-electron chi connectivity index (χ4n) is 1.55. The predicted octanol–water partition coefficient (Wildman–Crippen LogP) is 0.572. The van der Waals surface area contributed by atoms with Gasteiger partial charge in [-0.1, -0.05) is 12.1 Å². The zero-order valence-electron chi connectivity index (χ0n) is 12.0. The minimum absolute atomic E-state index is 0.0224. The third kappa shape index (κ3) is 5.18. The van der Waals surface area contributed by atoms with E-state index in [0.29, 0.717) is 17.9 Å². The maximum Gasteiger partial charge on any atom is 0.241 e. The molecular weight excluding hydrogens is 278 g/mol. The molecule has 112 valence electrons. The summed E-state index contributed by atoms with van der Waals surface area (Å²) in [6.45, 7) is 2.02. The van der Waals surface area contributed by atoms with E-state index in [2.05, 4.69) is 5.32 Å². The number of likely N-dealkylation sites (N-methyl/N-ethyl adjacent to an activating group) is 1. The molecule has 1 amide bonds. The fraction of sp³-hybridized carbons (Fsp3) is 0.462. The fourth-order valence-corrected chi connectivity index (χ4v) is 2.17. The summed E-state index contributed by atoms with van der Waals surface area (Å²) in [5.74, 6) is -0.201. The monoisotopic (exact) mass is 299 g/mol. The second kappa shape index (κ2) is 6.71. The van der Waals surface area contributed by atoms with Crippen LogP contribution in [-0.4, -0.2) is 50.9 Å². The Morgan fingerprint density at radius 1 is 1.40 bits per heavy atom. The molecule has 0 aliphatic rings. The highest BCUT2D eigenvalue weighted by atomic mass is 32.2. The van der Waals surface area contributed by atoms with Crippen molar-refractivity contribution in [3.63, 3.8) is 0 Å². The van der Waals surface area contributed by atoms with Crippen LogP contribution in [0.5, 0.6) is 0 Å². The molecule has 0 saturated carbocycles. The van der Waals surface area contributed by atoms with E-state index in [1.165, 1.54) is 6.26 Å². The number of nitrogens with one attached hydrogen (secondary N) is 1. The lowest BCUT2D eigenvalue weighted by atomic mass is 10.2. The first-order valence-electron chi connectivity index (χ1n) is 6.24. The van der Waals surface area contributed by atoms with Crippen molar-refractivity contribution in [2.45, 2.75) is 13.0 Å². The van der Waals surface area contributed by atoms with Crippen molar-refractivity contribution >= 4 is 27.1 Å². The molecule has 1 unspecified atom stereocenters. The van der Waals surface area contributed by atoms with Gasteiger partial charge in [0.15, 0.2) is 0 Å². The van der Waals surface area contributed by atoms with Gasteiger partial charge in [-0.05, 0) is 26.1 Å². The highest BCUT2D eigenvalue weighted by molar-refractivity contribution is 7.90. The Labute approximate surface area is 119 Å². The first-order valence-corrected chi connectivity index (χ1v) is 8.30. The van der Waals surface area contributed by atoms with Crippen LogP contribution in [0.25, 0.3) is 0 Å². The van der Waals surface area contributed by atoms with Gasteiger partial charge in [0, 0.05) is 12.8 Å². The molecule has 7 heteroatoms. The van der Waals surface area contributed by atoms with Crippen LogP contribution < -0.4 is 11.1 Å². The highest BCUT2D eigenvalue weighted by Crippen LogP contribution is 2.17. The summed E-state index contributed by atoms with van der Waals surface area (Å²) in [4.78, 5) is 13.8. The van der Waals surface area contributed by atoms with Crippen LogP contribution in [0.4, 0.5) is 11.4 Å². The van der Waals surface area contributed by atoms with Crippen molar-refractivity contribution in [2.75, 3.05) is 36.7 Å². The summed E-state index contributed by atoms with van der Waals surface area (Å²) in [6, 6.07) is 6.54. The Kier molecular flexibility index (Phi) is 5.52. The summed E-state index contributed by atoms with van der Waals surface area (Å²) in [5, 5.41) is 2.73. The summed E-state index contributed by atoms with van der Waals surface area (Å²) in [7, 11) is -1.33. The average Bonchev–Trinajstić information content (AvgIpc) is 2.36. The van der Waals surface area contributed by atoms with Gasteiger partial charge in [0.1, 0.15) is 9.84 Å². The molecule has 6 nitrogen and oxygen atoms in total. The van der Waals surface area contributed by atoms with Gasteiger partial charge in [-0.25, -0.2) is 8.42 Å². The van der Waals surface area contributed by atoms with Gasteiger partial charge < -0.3 is 11.1 Å². The molecule has 20 heavy (non-hydrogen) atoms. The van der Waals surface area contributed by atoms with Crippen LogP contribution in [0.2, 0.25) is 0 Å². The average molecular weight is 299 g/mol. The predicted molar refractivity (Wildman–Crippen MR) is 81.3 cm³/mol. The number of carbonyl (C=O) groups is 1.